The van der Waals surface area contributed by atoms with Crippen molar-refractivity contribution >= 4 is 11.7 Å². The number of amides is 1. The van der Waals surface area contributed by atoms with Crippen LogP contribution in [-0.2, 0) is 0 Å². The second-order valence-electron chi connectivity index (χ2n) is 5.85. The maximum atomic E-state index is 12.9. The predicted octanol–water partition coefficient (Wildman–Crippen LogP) is 1.76. The minimum Gasteiger partial charge on any atom is -0.496 e. The van der Waals surface area contributed by atoms with Crippen LogP contribution in [0.15, 0.2) is 30.7 Å². The van der Waals surface area contributed by atoms with E-state index in [2.05, 4.69) is 14.9 Å². The molecule has 7 heteroatoms. The Morgan fingerprint density at radius 1 is 1.04 bits per heavy atom. The average Bonchev–Trinajstić information content (AvgIpc) is 2.68. The van der Waals surface area contributed by atoms with E-state index in [4.69, 9.17) is 9.47 Å². The Bertz CT molecular complexity index is 718. The Balaban J connectivity index is 1.72. The molecule has 3 rings (SSSR count). The maximum Gasteiger partial charge on any atom is 0.254 e. The molecule has 0 N–H and O–H groups in total. The number of aromatic nitrogens is 2. The summed E-state index contributed by atoms with van der Waals surface area (Å²) in [5.41, 5.74) is 1.46. The molecule has 7 nitrogen and oxygen atoms in total. The molecular formula is C18H22N4O3. The number of ether oxygens (including phenoxy) is 2. The van der Waals surface area contributed by atoms with E-state index in [9.17, 15) is 4.79 Å². The summed E-state index contributed by atoms with van der Waals surface area (Å²) in [5, 5.41) is 0. The van der Waals surface area contributed by atoms with E-state index in [1.807, 2.05) is 11.8 Å². The topological polar surface area (TPSA) is 67.8 Å². The summed E-state index contributed by atoms with van der Waals surface area (Å²) in [6, 6.07) is 3.55. The van der Waals surface area contributed by atoms with Gasteiger partial charge in [-0.3, -0.25) is 9.78 Å². The molecule has 1 amide bonds. The minimum atomic E-state index is -0.0182. The summed E-state index contributed by atoms with van der Waals surface area (Å²) in [6.45, 7) is 4.63. The average molecular weight is 342 g/mol. The third-order valence-corrected chi connectivity index (χ3v) is 4.44. The third kappa shape index (κ3) is 3.50. The number of anilines is 1. The van der Waals surface area contributed by atoms with Crippen LogP contribution < -0.4 is 14.4 Å². The van der Waals surface area contributed by atoms with Crippen molar-refractivity contribution in [1.29, 1.82) is 0 Å². The van der Waals surface area contributed by atoms with Crippen molar-refractivity contribution in [2.45, 2.75) is 6.92 Å². The highest BCUT2D eigenvalue weighted by Gasteiger charge is 2.24. The van der Waals surface area contributed by atoms with Gasteiger partial charge in [-0.15, -0.1) is 0 Å². The second-order valence-corrected chi connectivity index (χ2v) is 5.85. The van der Waals surface area contributed by atoms with Crippen LogP contribution in [0.25, 0.3) is 0 Å². The van der Waals surface area contributed by atoms with Gasteiger partial charge in [-0.25, -0.2) is 4.98 Å². The molecule has 1 saturated heterocycles. The van der Waals surface area contributed by atoms with Gasteiger partial charge in [-0.1, -0.05) is 0 Å². The highest BCUT2D eigenvalue weighted by Crippen LogP contribution is 2.30. The Hall–Kier alpha value is -2.83. The van der Waals surface area contributed by atoms with Gasteiger partial charge in [0.1, 0.15) is 17.3 Å². The largest absolute Gasteiger partial charge is 0.496 e. The van der Waals surface area contributed by atoms with Gasteiger partial charge < -0.3 is 19.3 Å². The summed E-state index contributed by atoms with van der Waals surface area (Å²) in [5.74, 6) is 2.13. The highest BCUT2D eigenvalue weighted by molar-refractivity contribution is 5.95. The number of benzene rings is 1. The van der Waals surface area contributed by atoms with Crippen molar-refractivity contribution in [3.05, 3.63) is 41.9 Å². The fourth-order valence-electron chi connectivity index (χ4n) is 2.99. The number of nitrogens with zero attached hydrogens (tertiary/aromatic N) is 4. The summed E-state index contributed by atoms with van der Waals surface area (Å²) in [7, 11) is 3.19. The summed E-state index contributed by atoms with van der Waals surface area (Å²) >= 11 is 0. The first-order chi connectivity index (χ1) is 12.1. The lowest BCUT2D eigenvalue weighted by Crippen LogP contribution is -2.49. The Morgan fingerprint density at radius 3 is 2.20 bits per heavy atom. The van der Waals surface area contributed by atoms with Crippen LogP contribution >= 0.6 is 0 Å². The van der Waals surface area contributed by atoms with Crippen molar-refractivity contribution in [2.75, 3.05) is 45.3 Å². The van der Waals surface area contributed by atoms with Crippen LogP contribution in [0.4, 0.5) is 5.82 Å². The molecule has 0 radical (unpaired) electrons. The molecule has 1 fully saturated rings. The molecule has 0 aliphatic carbocycles. The lowest BCUT2D eigenvalue weighted by Gasteiger charge is -2.35. The van der Waals surface area contributed by atoms with E-state index in [0.29, 0.717) is 30.2 Å². The second kappa shape index (κ2) is 7.38. The molecule has 0 saturated carbocycles. The van der Waals surface area contributed by atoms with Gasteiger partial charge in [0.15, 0.2) is 0 Å². The van der Waals surface area contributed by atoms with Crippen molar-refractivity contribution in [1.82, 2.24) is 14.9 Å². The quantitative estimate of drug-likeness (QED) is 0.843. The van der Waals surface area contributed by atoms with E-state index >= 15 is 0 Å². The molecule has 1 aromatic heterocycles. The van der Waals surface area contributed by atoms with E-state index in [1.165, 1.54) is 0 Å². The zero-order valence-electron chi connectivity index (χ0n) is 14.7. The molecule has 2 aromatic rings. The molecule has 2 heterocycles. The monoisotopic (exact) mass is 342 g/mol. The predicted molar refractivity (Wildman–Crippen MR) is 94.4 cm³/mol. The molecule has 132 valence electrons. The summed E-state index contributed by atoms with van der Waals surface area (Å²) in [4.78, 5) is 25.2. The van der Waals surface area contributed by atoms with E-state index in [-0.39, 0.29) is 5.91 Å². The van der Waals surface area contributed by atoms with Crippen molar-refractivity contribution in [3.63, 3.8) is 0 Å². The molecule has 0 unspecified atom stereocenters. The van der Waals surface area contributed by atoms with Gasteiger partial charge >= 0.3 is 0 Å². The van der Waals surface area contributed by atoms with Gasteiger partial charge in [0.25, 0.3) is 5.91 Å². The van der Waals surface area contributed by atoms with Crippen molar-refractivity contribution in [2.24, 2.45) is 0 Å². The molecule has 0 atom stereocenters. The molecule has 1 aliphatic rings. The van der Waals surface area contributed by atoms with Crippen LogP contribution in [0.3, 0.4) is 0 Å². The fraction of sp³-hybridized carbons (Fsp3) is 0.389. The van der Waals surface area contributed by atoms with E-state index < -0.39 is 0 Å². The van der Waals surface area contributed by atoms with Gasteiger partial charge in [0.2, 0.25) is 0 Å². The number of hydrogen-bond acceptors (Lipinski definition) is 6. The summed E-state index contributed by atoms with van der Waals surface area (Å²) < 4.78 is 10.7. The smallest absolute Gasteiger partial charge is 0.254 e. The number of methoxy groups -OCH3 is 2. The number of rotatable bonds is 4. The Labute approximate surface area is 147 Å². The van der Waals surface area contributed by atoms with Crippen molar-refractivity contribution < 1.29 is 14.3 Å². The fourth-order valence-corrected chi connectivity index (χ4v) is 2.99. The van der Waals surface area contributed by atoms with Crippen LogP contribution in [0.1, 0.15) is 15.9 Å². The van der Waals surface area contributed by atoms with Gasteiger partial charge in [0, 0.05) is 49.7 Å². The van der Waals surface area contributed by atoms with Crippen LogP contribution in [0, 0.1) is 6.92 Å². The Morgan fingerprint density at radius 2 is 1.68 bits per heavy atom. The maximum absolute atomic E-state index is 12.9. The number of hydrogen-bond donors (Lipinski definition) is 0. The number of carbonyl (C=O) groups excluding carboxylic acids is 1. The van der Waals surface area contributed by atoms with Crippen molar-refractivity contribution in [3.8, 4) is 11.5 Å². The first kappa shape index (κ1) is 17.0. The van der Waals surface area contributed by atoms with Crippen LogP contribution in [0.5, 0.6) is 11.5 Å². The summed E-state index contributed by atoms with van der Waals surface area (Å²) in [6.07, 6.45) is 5.08. The zero-order valence-corrected chi connectivity index (χ0v) is 14.7. The zero-order chi connectivity index (χ0) is 17.8. The van der Waals surface area contributed by atoms with E-state index in [0.717, 1.165) is 24.5 Å². The van der Waals surface area contributed by atoms with Gasteiger partial charge in [0.05, 0.1) is 20.4 Å². The number of carbonyl (C=O) groups is 1. The van der Waals surface area contributed by atoms with Crippen LogP contribution in [0.2, 0.25) is 0 Å². The van der Waals surface area contributed by atoms with Gasteiger partial charge in [-0.05, 0) is 19.1 Å². The highest BCUT2D eigenvalue weighted by atomic mass is 16.5. The molecule has 0 bridgehead atoms. The lowest BCUT2D eigenvalue weighted by molar-refractivity contribution is 0.0745. The molecule has 0 spiro atoms. The molecule has 1 aliphatic heterocycles. The van der Waals surface area contributed by atoms with Gasteiger partial charge in [-0.2, -0.15) is 0 Å². The SMILES string of the molecule is COc1cc(C(=O)N2CCN(c3cnccn3)CC2)cc(OC)c1C. The number of piperazine rings is 1. The molecule has 25 heavy (non-hydrogen) atoms. The standard InChI is InChI=1S/C18H22N4O3/c1-13-15(24-2)10-14(11-16(13)25-3)18(23)22-8-6-21(7-9-22)17-12-19-4-5-20-17/h4-5,10-12H,6-9H2,1-3H3. The lowest BCUT2D eigenvalue weighted by atomic mass is 10.1. The normalized spacial score (nSPS) is 14.4. The minimum absolute atomic E-state index is 0.0182. The van der Waals surface area contributed by atoms with Crippen LogP contribution in [-0.4, -0.2) is 61.2 Å². The molecule has 1 aromatic carbocycles. The third-order valence-electron chi connectivity index (χ3n) is 4.44. The first-order valence-corrected chi connectivity index (χ1v) is 8.17. The van der Waals surface area contributed by atoms with E-state index in [1.54, 1.807) is 44.9 Å². The molecular weight excluding hydrogens is 320 g/mol. The Kier molecular flexibility index (Phi) is 5.02. The first-order valence-electron chi connectivity index (χ1n) is 8.17.